The average Bonchev–Trinajstić information content (AvgIpc) is 2.59. The number of aliphatic hydroxyl groups excluding tert-OH is 1. The molecule has 0 bridgehead atoms. The quantitative estimate of drug-likeness (QED) is 0.747. The van der Waals surface area contributed by atoms with Crippen molar-refractivity contribution in [3.05, 3.63) is 53.5 Å². The van der Waals surface area contributed by atoms with E-state index in [1.807, 2.05) is 0 Å². The van der Waals surface area contributed by atoms with Crippen molar-refractivity contribution in [2.45, 2.75) is 18.8 Å². The molecule has 4 nitrogen and oxygen atoms in total. The second-order valence-corrected chi connectivity index (χ2v) is 5.42. The molecule has 2 aromatic rings. The van der Waals surface area contributed by atoms with Gasteiger partial charge in [-0.3, -0.25) is 0 Å². The molecule has 0 aliphatic carbocycles. The first kappa shape index (κ1) is 19.3. The van der Waals surface area contributed by atoms with Gasteiger partial charge < -0.3 is 15.2 Å². The van der Waals surface area contributed by atoms with Gasteiger partial charge in [-0.1, -0.05) is 12.1 Å². The summed E-state index contributed by atoms with van der Waals surface area (Å²) in [4.78, 5) is 4.16. The number of pyridine rings is 1. The molecule has 0 aliphatic rings. The minimum Gasteiger partial charge on any atom is -0.395 e. The van der Waals surface area contributed by atoms with Crippen LogP contribution in [0.3, 0.4) is 0 Å². The Bertz CT molecular complexity index is 690. The first-order chi connectivity index (χ1) is 11.8. The fourth-order valence-corrected chi connectivity index (χ4v) is 2.22. The molecule has 0 saturated carbocycles. The third-order valence-corrected chi connectivity index (χ3v) is 3.57. The van der Waals surface area contributed by atoms with Crippen molar-refractivity contribution in [2.24, 2.45) is 0 Å². The smallest absolute Gasteiger partial charge is 0.395 e. The van der Waals surface area contributed by atoms with Gasteiger partial charge >= 0.3 is 6.18 Å². The summed E-state index contributed by atoms with van der Waals surface area (Å²) in [5.41, 5.74) is 0.154. The summed E-state index contributed by atoms with van der Waals surface area (Å²) in [6.07, 6.45) is -4.41. The minimum atomic E-state index is -4.41. The van der Waals surface area contributed by atoms with Crippen LogP contribution in [0.15, 0.2) is 36.4 Å². The average molecular weight is 358 g/mol. The number of methoxy groups -OCH3 is 1. The Labute approximate surface area is 142 Å². The number of nitrogens with zero attached hydrogens (tertiary/aromatic N) is 1. The zero-order valence-corrected chi connectivity index (χ0v) is 13.5. The van der Waals surface area contributed by atoms with Crippen molar-refractivity contribution in [3.8, 4) is 11.3 Å². The summed E-state index contributed by atoms with van der Waals surface area (Å²) in [6, 6.07) is 6.74. The summed E-state index contributed by atoms with van der Waals surface area (Å²) in [5.74, 6) is -0.544. The topological polar surface area (TPSA) is 54.4 Å². The Morgan fingerprint density at radius 2 is 1.84 bits per heavy atom. The number of hydrogen-bond acceptors (Lipinski definition) is 4. The van der Waals surface area contributed by atoms with Crippen molar-refractivity contribution in [1.29, 1.82) is 0 Å². The Kier molecular flexibility index (Phi) is 6.46. The van der Waals surface area contributed by atoms with Crippen LogP contribution >= 0.6 is 0 Å². The highest BCUT2D eigenvalue weighted by Crippen LogP contribution is 2.30. The molecule has 0 radical (unpaired) electrons. The van der Waals surface area contributed by atoms with E-state index in [9.17, 15) is 22.7 Å². The largest absolute Gasteiger partial charge is 0.416 e. The van der Waals surface area contributed by atoms with Crippen LogP contribution in [0, 0.1) is 5.82 Å². The van der Waals surface area contributed by atoms with E-state index in [0.717, 1.165) is 12.1 Å². The fourth-order valence-electron chi connectivity index (χ4n) is 2.22. The number of benzene rings is 1. The molecule has 25 heavy (non-hydrogen) atoms. The third kappa shape index (κ3) is 5.22. The predicted octanol–water partition coefficient (Wildman–Crippen LogP) is 3.00. The molecule has 0 spiro atoms. The summed E-state index contributed by atoms with van der Waals surface area (Å²) in [7, 11) is 1.48. The van der Waals surface area contributed by atoms with E-state index in [1.165, 1.54) is 31.4 Å². The molecular formula is C17H18F4N2O2. The third-order valence-electron chi connectivity index (χ3n) is 3.57. The minimum absolute atomic E-state index is 0.0505. The van der Waals surface area contributed by atoms with Gasteiger partial charge in [-0.05, 0) is 24.3 Å². The van der Waals surface area contributed by atoms with Gasteiger partial charge in [0.05, 0.1) is 36.2 Å². The number of halogens is 4. The van der Waals surface area contributed by atoms with E-state index < -0.39 is 17.6 Å². The molecule has 2 N–H and O–H groups in total. The first-order valence-corrected chi connectivity index (χ1v) is 7.51. The SMILES string of the molecule is COCC(CO)NCc1nc(-c2ccc(C(F)(F)F)cc2)ccc1F. The molecular weight excluding hydrogens is 340 g/mol. The molecule has 0 aliphatic heterocycles. The van der Waals surface area contributed by atoms with Gasteiger partial charge in [0, 0.05) is 19.2 Å². The number of aliphatic hydroxyl groups is 1. The van der Waals surface area contributed by atoms with Crippen LogP contribution in [-0.4, -0.2) is 36.5 Å². The summed E-state index contributed by atoms with van der Waals surface area (Å²) in [6.45, 7) is 0.111. The Hall–Kier alpha value is -2.03. The van der Waals surface area contributed by atoms with Crippen LogP contribution in [0.4, 0.5) is 17.6 Å². The molecule has 0 amide bonds. The summed E-state index contributed by atoms with van der Waals surface area (Å²) < 4.78 is 56.6. The van der Waals surface area contributed by atoms with Gasteiger partial charge in [0.2, 0.25) is 0 Å². The number of hydrogen-bond donors (Lipinski definition) is 2. The van der Waals surface area contributed by atoms with Crippen LogP contribution in [-0.2, 0) is 17.5 Å². The van der Waals surface area contributed by atoms with Crippen LogP contribution in [0.1, 0.15) is 11.3 Å². The number of rotatable bonds is 7. The second kappa shape index (κ2) is 8.37. The predicted molar refractivity (Wildman–Crippen MR) is 84.2 cm³/mol. The van der Waals surface area contributed by atoms with Crippen molar-refractivity contribution in [2.75, 3.05) is 20.3 Å². The van der Waals surface area contributed by atoms with E-state index in [2.05, 4.69) is 10.3 Å². The number of aromatic nitrogens is 1. The van der Waals surface area contributed by atoms with Crippen LogP contribution in [0.25, 0.3) is 11.3 Å². The molecule has 1 atom stereocenters. The van der Waals surface area contributed by atoms with E-state index in [4.69, 9.17) is 4.74 Å². The number of alkyl halides is 3. The monoisotopic (exact) mass is 358 g/mol. The molecule has 2 rings (SSSR count). The molecule has 0 saturated heterocycles. The zero-order valence-electron chi connectivity index (χ0n) is 13.5. The van der Waals surface area contributed by atoms with E-state index in [0.29, 0.717) is 11.3 Å². The van der Waals surface area contributed by atoms with Gasteiger partial charge in [-0.2, -0.15) is 13.2 Å². The highest BCUT2D eigenvalue weighted by Gasteiger charge is 2.30. The van der Waals surface area contributed by atoms with Crippen LogP contribution in [0.2, 0.25) is 0 Å². The lowest BCUT2D eigenvalue weighted by Crippen LogP contribution is -2.36. The second-order valence-electron chi connectivity index (χ2n) is 5.42. The van der Waals surface area contributed by atoms with Crippen molar-refractivity contribution in [1.82, 2.24) is 10.3 Å². The van der Waals surface area contributed by atoms with Gasteiger partial charge in [-0.25, -0.2) is 9.37 Å². The van der Waals surface area contributed by atoms with Crippen LogP contribution in [0.5, 0.6) is 0 Å². The van der Waals surface area contributed by atoms with Crippen molar-refractivity contribution < 1.29 is 27.4 Å². The van der Waals surface area contributed by atoms with Gasteiger partial charge in [-0.15, -0.1) is 0 Å². The normalized spacial score (nSPS) is 13.0. The Morgan fingerprint density at radius 1 is 1.16 bits per heavy atom. The lowest BCUT2D eigenvalue weighted by Gasteiger charge is -2.15. The zero-order chi connectivity index (χ0) is 18.4. The molecule has 1 aromatic heterocycles. The lowest BCUT2D eigenvalue weighted by molar-refractivity contribution is -0.137. The summed E-state index contributed by atoms with van der Waals surface area (Å²) in [5, 5.41) is 12.1. The fraction of sp³-hybridized carbons (Fsp3) is 0.353. The molecule has 1 aromatic carbocycles. The Morgan fingerprint density at radius 3 is 2.40 bits per heavy atom. The highest BCUT2D eigenvalue weighted by atomic mass is 19.4. The number of ether oxygens (including phenoxy) is 1. The van der Waals surface area contributed by atoms with Gasteiger partial charge in [0.1, 0.15) is 5.82 Å². The van der Waals surface area contributed by atoms with Crippen molar-refractivity contribution >= 4 is 0 Å². The maximum Gasteiger partial charge on any atom is 0.416 e. The molecule has 8 heteroatoms. The van der Waals surface area contributed by atoms with E-state index in [1.54, 1.807) is 0 Å². The van der Waals surface area contributed by atoms with E-state index >= 15 is 0 Å². The Balaban J connectivity index is 2.17. The maximum absolute atomic E-state index is 13.9. The molecule has 1 unspecified atom stereocenters. The summed E-state index contributed by atoms with van der Waals surface area (Å²) >= 11 is 0. The first-order valence-electron chi connectivity index (χ1n) is 7.51. The lowest BCUT2D eigenvalue weighted by atomic mass is 10.1. The molecule has 0 fully saturated rings. The highest BCUT2D eigenvalue weighted by molar-refractivity contribution is 5.59. The van der Waals surface area contributed by atoms with E-state index in [-0.39, 0.29) is 31.5 Å². The van der Waals surface area contributed by atoms with Gasteiger partial charge in [0.25, 0.3) is 0 Å². The van der Waals surface area contributed by atoms with Crippen molar-refractivity contribution in [3.63, 3.8) is 0 Å². The maximum atomic E-state index is 13.9. The standard InChI is InChI=1S/C17H18F4N2O2/c1-25-10-13(9-24)22-8-16-14(18)6-7-15(23-16)11-2-4-12(5-3-11)17(19,20)21/h2-7,13,22,24H,8-10H2,1H3. The van der Waals surface area contributed by atoms with Crippen LogP contribution < -0.4 is 5.32 Å². The number of nitrogens with one attached hydrogen (secondary N) is 1. The molecule has 1 heterocycles. The van der Waals surface area contributed by atoms with Gasteiger partial charge in [0.15, 0.2) is 0 Å². The molecule has 136 valence electrons.